The second-order valence-electron chi connectivity index (χ2n) is 5.30. The largest absolute Gasteiger partial charge is 0.359 e. The van der Waals surface area contributed by atoms with E-state index in [4.69, 9.17) is 27.7 Å². The van der Waals surface area contributed by atoms with Crippen molar-refractivity contribution in [3.05, 3.63) is 44.8 Å². The molecule has 2 heterocycles. The standard InChI is InChI=1S/C15H15Cl2N3O2/c1-8-14(9(2)22-19-8)18-15(21)20-6-5-11-10(7-20)3-4-12(16)13(11)17/h3-4H,5-7H2,1-2H3,(H,18,21). The summed E-state index contributed by atoms with van der Waals surface area (Å²) in [6.45, 7) is 4.64. The predicted octanol–water partition coefficient (Wildman–Crippen LogP) is 4.19. The average molecular weight is 340 g/mol. The zero-order valence-electron chi connectivity index (χ0n) is 12.2. The van der Waals surface area contributed by atoms with Crippen LogP contribution in [0.15, 0.2) is 16.7 Å². The molecule has 5 nitrogen and oxygen atoms in total. The molecule has 3 rings (SSSR count). The minimum atomic E-state index is -0.175. The molecule has 2 amide bonds. The number of fused-ring (bicyclic) bond motifs is 1. The third-order valence-electron chi connectivity index (χ3n) is 3.84. The van der Waals surface area contributed by atoms with Crippen molar-refractivity contribution in [3.8, 4) is 0 Å². The number of halogens is 2. The highest BCUT2D eigenvalue weighted by Crippen LogP contribution is 2.32. The van der Waals surface area contributed by atoms with Gasteiger partial charge in [0.05, 0.1) is 10.0 Å². The molecule has 0 radical (unpaired) electrons. The highest BCUT2D eigenvalue weighted by Gasteiger charge is 2.24. The normalized spacial score (nSPS) is 13.9. The van der Waals surface area contributed by atoms with Crippen molar-refractivity contribution >= 4 is 34.9 Å². The average Bonchev–Trinajstić information content (AvgIpc) is 2.82. The van der Waals surface area contributed by atoms with Gasteiger partial charge in [0.1, 0.15) is 11.4 Å². The molecule has 0 unspecified atom stereocenters. The quantitative estimate of drug-likeness (QED) is 0.847. The number of aryl methyl sites for hydroxylation is 2. The van der Waals surface area contributed by atoms with Crippen LogP contribution in [-0.2, 0) is 13.0 Å². The Morgan fingerprint density at radius 3 is 2.82 bits per heavy atom. The van der Waals surface area contributed by atoms with E-state index in [1.165, 1.54) is 0 Å². The second-order valence-corrected chi connectivity index (χ2v) is 6.09. The molecule has 0 atom stereocenters. The van der Waals surface area contributed by atoms with Crippen LogP contribution in [-0.4, -0.2) is 22.6 Å². The van der Waals surface area contributed by atoms with Crippen molar-refractivity contribution in [2.45, 2.75) is 26.8 Å². The summed E-state index contributed by atoms with van der Waals surface area (Å²) < 4.78 is 5.05. The first-order chi connectivity index (χ1) is 10.5. The van der Waals surface area contributed by atoms with Crippen molar-refractivity contribution in [1.29, 1.82) is 0 Å². The van der Waals surface area contributed by atoms with Crippen LogP contribution < -0.4 is 5.32 Å². The van der Waals surface area contributed by atoms with Crippen molar-refractivity contribution in [2.24, 2.45) is 0 Å². The molecule has 0 saturated heterocycles. The topological polar surface area (TPSA) is 58.4 Å². The van der Waals surface area contributed by atoms with Crippen LogP contribution in [0.25, 0.3) is 0 Å². The van der Waals surface area contributed by atoms with E-state index in [1.807, 2.05) is 6.07 Å². The van der Waals surface area contributed by atoms with Crippen LogP contribution in [0.2, 0.25) is 10.0 Å². The first-order valence-corrected chi connectivity index (χ1v) is 7.67. The van der Waals surface area contributed by atoms with Crippen molar-refractivity contribution in [2.75, 3.05) is 11.9 Å². The summed E-state index contributed by atoms with van der Waals surface area (Å²) >= 11 is 12.3. The zero-order valence-corrected chi connectivity index (χ0v) is 13.8. The summed E-state index contributed by atoms with van der Waals surface area (Å²) in [7, 11) is 0. The lowest BCUT2D eigenvalue weighted by molar-refractivity contribution is 0.206. The number of urea groups is 1. The first kappa shape index (κ1) is 15.2. The molecule has 0 bridgehead atoms. The third kappa shape index (κ3) is 2.66. The van der Waals surface area contributed by atoms with E-state index in [0.29, 0.717) is 46.7 Å². The van der Waals surface area contributed by atoms with E-state index in [0.717, 1.165) is 11.1 Å². The van der Waals surface area contributed by atoms with Gasteiger partial charge in [-0.15, -0.1) is 0 Å². The molecule has 1 aliphatic rings. The number of aromatic nitrogens is 1. The van der Waals surface area contributed by atoms with Crippen LogP contribution in [0.1, 0.15) is 22.6 Å². The molecule has 1 aliphatic heterocycles. The van der Waals surface area contributed by atoms with Gasteiger partial charge >= 0.3 is 6.03 Å². The third-order valence-corrected chi connectivity index (χ3v) is 4.68. The van der Waals surface area contributed by atoms with Gasteiger partial charge in [-0.05, 0) is 37.5 Å². The van der Waals surface area contributed by atoms with Crippen molar-refractivity contribution in [1.82, 2.24) is 10.1 Å². The zero-order chi connectivity index (χ0) is 15.9. The smallest absolute Gasteiger partial charge is 0.322 e. The van der Waals surface area contributed by atoms with Crippen molar-refractivity contribution in [3.63, 3.8) is 0 Å². The number of carbonyl (C=O) groups is 1. The van der Waals surface area contributed by atoms with Gasteiger partial charge in [0.25, 0.3) is 0 Å². The summed E-state index contributed by atoms with van der Waals surface area (Å²) in [6, 6.07) is 3.50. The Morgan fingerprint density at radius 2 is 2.14 bits per heavy atom. The Balaban J connectivity index is 1.77. The maximum Gasteiger partial charge on any atom is 0.322 e. The SMILES string of the molecule is Cc1noc(C)c1NC(=O)N1CCc2c(ccc(Cl)c2Cl)C1. The molecule has 1 N–H and O–H groups in total. The highest BCUT2D eigenvalue weighted by molar-refractivity contribution is 6.42. The fraction of sp³-hybridized carbons (Fsp3) is 0.333. The van der Waals surface area contributed by atoms with Crippen LogP contribution in [0, 0.1) is 13.8 Å². The molecule has 0 fully saturated rings. The van der Waals surface area contributed by atoms with Crippen LogP contribution in [0.3, 0.4) is 0 Å². The Hall–Kier alpha value is -1.72. The lowest BCUT2D eigenvalue weighted by atomic mass is 10.00. The fourth-order valence-corrected chi connectivity index (χ4v) is 3.06. The van der Waals surface area contributed by atoms with Crippen LogP contribution >= 0.6 is 23.2 Å². The van der Waals surface area contributed by atoms with Gasteiger partial charge in [-0.1, -0.05) is 34.4 Å². The Kier molecular flexibility index (Phi) is 4.02. The molecule has 1 aromatic carbocycles. The van der Waals surface area contributed by atoms with E-state index in [-0.39, 0.29) is 6.03 Å². The minimum absolute atomic E-state index is 0.175. The van der Waals surface area contributed by atoms with Gasteiger partial charge in [-0.25, -0.2) is 4.79 Å². The Bertz CT molecular complexity index is 723. The van der Waals surface area contributed by atoms with Crippen molar-refractivity contribution < 1.29 is 9.32 Å². The number of hydrogen-bond donors (Lipinski definition) is 1. The monoisotopic (exact) mass is 339 g/mol. The van der Waals surface area contributed by atoms with Gasteiger partial charge < -0.3 is 14.7 Å². The van der Waals surface area contributed by atoms with E-state index >= 15 is 0 Å². The summed E-state index contributed by atoms with van der Waals surface area (Å²) in [6.07, 6.45) is 0.684. The first-order valence-electron chi connectivity index (χ1n) is 6.92. The predicted molar refractivity (Wildman–Crippen MR) is 85.6 cm³/mol. The summed E-state index contributed by atoms with van der Waals surface area (Å²) in [5, 5.41) is 7.83. The molecule has 7 heteroatoms. The number of nitrogens with zero attached hydrogens (tertiary/aromatic N) is 2. The molecule has 0 saturated carbocycles. The number of rotatable bonds is 1. The van der Waals surface area contributed by atoms with E-state index in [2.05, 4.69) is 10.5 Å². The molecule has 1 aromatic heterocycles. The molecule has 0 aliphatic carbocycles. The number of hydrogen-bond acceptors (Lipinski definition) is 3. The van der Waals surface area contributed by atoms with Crippen LogP contribution in [0.4, 0.5) is 10.5 Å². The molecular weight excluding hydrogens is 325 g/mol. The van der Waals surface area contributed by atoms with Gasteiger partial charge in [0.15, 0.2) is 5.76 Å². The Labute approximate surface area is 138 Å². The van der Waals surface area contributed by atoms with Gasteiger partial charge in [-0.2, -0.15) is 0 Å². The summed E-state index contributed by atoms with van der Waals surface area (Å²) in [5.41, 5.74) is 3.34. The molecule has 0 spiro atoms. The van der Waals surface area contributed by atoms with Gasteiger partial charge in [0.2, 0.25) is 0 Å². The number of nitrogens with one attached hydrogen (secondary N) is 1. The lowest BCUT2D eigenvalue weighted by Gasteiger charge is -2.29. The van der Waals surface area contributed by atoms with E-state index < -0.39 is 0 Å². The Morgan fingerprint density at radius 1 is 1.36 bits per heavy atom. The van der Waals surface area contributed by atoms with Gasteiger partial charge in [0, 0.05) is 13.1 Å². The maximum atomic E-state index is 12.4. The molecule has 22 heavy (non-hydrogen) atoms. The highest BCUT2D eigenvalue weighted by atomic mass is 35.5. The molecule has 2 aromatic rings. The maximum absolute atomic E-state index is 12.4. The van der Waals surface area contributed by atoms with E-state index in [9.17, 15) is 4.79 Å². The van der Waals surface area contributed by atoms with E-state index in [1.54, 1.807) is 24.8 Å². The minimum Gasteiger partial charge on any atom is -0.359 e. The molecular formula is C15H15Cl2N3O2. The second kappa shape index (κ2) is 5.82. The lowest BCUT2D eigenvalue weighted by Crippen LogP contribution is -2.39. The number of benzene rings is 1. The number of carbonyl (C=O) groups excluding carboxylic acids is 1. The summed E-state index contributed by atoms with van der Waals surface area (Å²) in [4.78, 5) is 14.2. The number of amides is 2. The summed E-state index contributed by atoms with van der Waals surface area (Å²) in [5.74, 6) is 0.595. The van der Waals surface area contributed by atoms with Crippen LogP contribution in [0.5, 0.6) is 0 Å². The van der Waals surface area contributed by atoms with Gasteiger partial charge in [-0.3, -0.25) is 0 Å². The number of anilines is 1. The fourth-order valence-electron chi connectivity index (χ4n) is 2.60. The molecule has 116 valence electrons.